The summed E-state index contributed by atoms with van der Waals surface area (Å²) in [6.45, 7) is 1.63. The molecule has 1 saturated heterocycles. The molecule has 0 bridgehead atoms. The van der Waals surface area contributed by atoms with Crippen molar-refractivity contribution in [1.29, 1.82) is 0 Å². The van der Waals surface area contributed by atoms with Crippen LogP contribution >= 0.6 is 11.6 Å². The molecule has 1 aliphatic heterocycles. The second-order valence-corrected chi connectivity index (χ2v) is 8.62. The molecule has 0 radical (unpaired) electrons. The number of nitrogens with one attached hydrogen (secondary N) is 2. The van der Waals surface area contributed by atoms with Crippen LogP contribution in [-0.4, -0.2) is 55.2 Å². The molecule has 2 heterocycles. The van der Waals surface area contributed by atoms with Gasteiger partial charge in [-0.2, -0.15) is 4.31 Å². The highest BCUT2D eigenvalue weighted by Gasteiger charge is 2.34. The number of pyridine rings is 1. The third kappa shape index (κ3) is 4.20. The van der Waals surface area contributed by atoms with E-state index in [0.717, 1.165) is 0 Å². The van der Waals surface area contributed by atoms with Crippen LogP contribution in [0.3, 0.4) is 0 Å². The first kappa shape index (κ1) is 19.5. The molecule has 2 amide bonds. The van der Waals surface area contributed by atoms with E-state index < -0.39 is 10.0 Å². The number of rotatable bonds is 5. The normalized spacial score (nSPS) is 17.8. The van der Waals surface area contributed by atoms with Gasteiger partial charge < -0.3 is 10.6 Å². The summed E-state index contributed by atoms with van der Waals surface area (Å²) >= 11 is 6.20. The number of amides is 2. The third-order valence-electron chi connectivity index (χ3n) is 4.33. The summed E-state index contributed by atoms with van der Waals surface area (Å²) in [4.78, 5) is 26.8. The molecule has 8 nitrogen and oxygen atoms in total. The molecule has 0 spiro atoms. The first-order chi connectivity index (χ1) is 12.8. The number of sulfonamides is 1. The Kier molecular flexibility index (Phi) is 5.64. The van der Waals surface area contributed by atoms with Crippen molar-refractivity contribution in [3.05, 3.63) is 35.6 Å². The van der Waals surface area contributed by atoms with Gasteiger partial charge in [0.15, 0.2) is 0 Å². The third-order valence-corrected chi connectivity index (χ3v) is 6.52. The van der Waals surface area contributed by atoms with Crippen molar-refractivity contribution in [3.63, 3.8) is 0 Å². The van der Waals surface area contributed by atoms with E-state index in [1.165, 1.54) is 23.5 Å². The minimum Gasteiger partial charge on any atom is -0.350 e. The molecule has 1 atom stereocenters. The van der Waals surface area contributed by atoms with Crippen LogP contribution in [0.1, 0.15) is 13.3 Å². The van der Waals surface area contributed by atoms with Crippen LogP contribution in [0.2, 0.25) is 5.02 Å². The summed E-state index contributed by atoms with van der Waals surface area (Å²) in [7, 11) is -3.78. The van der Waals surface area contributed by atoms with Gasteiger partial charge in [0.05, 0.1) is 16.5 Å². The number of hydrogen-bond acceptors (Lipinski definition) is 5. The van der Waals surface area contributed by atoms with E-state index in [1.807, 2.05) is 0 Å². The maximum atomic E-state index is 13.1. The molecule has 144 valence electrons. The first-order valence-corrected chi connectivity index (χ1v) is 10.2. The lowest BCUT2D eigenvalue weighted by molar-refractivity contribution is -0.125. The highest BCUT2D eigenvalue weighted by Crippen LogP contribution is 2.32. The molecule has 2 aromatic rings. The van der Waals surface area contributed by atoms with Crippen LogP contribution < -0.4 is 10.6 Å². The topological polar surface area (TPSA) is 108 Å². The number of nitrogens with zero attached hydrogens (tertiary/aromatic N) is 2. The quantitative estimate of drug-likeness (QED) is 0.761. The maximum absolute atomic E-state index is 13.1. The van der Waals surface area contributed by atoms with Gasteiger partial charge >= 0.3 is 0 Å². The molecule has 2 N–H and O–H groups in total. The van der Waals surface area contributed by atoms with Crippen LogP contribution in [0.5, 0.6) is 0 Å². The maximum Gasteiger partial charge on any atom is 0.243 e. The Labute approximate surface area is 161 Å². The van der Waals surface area contributed by atoms with E-state index in [0.29, 0.717) is 17.2 Å². The minimum atomic E-state index is -3.78. The zero-order chi connectivity index (χ0) is 19.6. The number of halogens is 1. The van der Waals surface area contributed by atoms with Crippen molar-refractivity contribution >= 4 is 44.2 Å². The molecule has 3 rings (SSSR count). The lowest BCUT2D eigenvalue weighted by Gasteiger charge is -2.18. The van der Waals surface area contributed by atoms with Gasteiger partial charge in [-0.25, -0.2) is 8.42 Å². The fourth-order valence-corrected chi connectivity index (χ4v) is 5.12. The van der Waals surface area contributed by atoms with Crippen LogP contribution in [0.25, 0.3) is 10.8 Å². The largest absolute Gasteiger partial charge is 0.350 e. The number of carbonyl (C=O) groups excluding carboxylic acids is 2. The van der Waals surface area contributed by atoms with E-state index in [1.54, 1.807) is 18.3 Å². The van der Waals surface area contributed by atoms with Crippen molar-refractivity contribution in [2.45, 2.75) is 24.3 Å². The Morgan fingerprint density at radius 2 is 2.11 bits per heavy atom. The highest BCUT2D eigenvalue weighted by molar-refractivity contribution is 7.89. The Bertz CT molecular complexity index is 990. The average molecular weight is 411 g/mol. The highest BCUT2D eigenvalue weighted by atomic mass is 35.5. The van der Waals surface area contributed by atoms with Crippen molar-refractivity contribution in [2.75, 3.05) is 19.6 Å². The summed E-state index contributed by atoms with van der Waals surface area (Å²) in [6.07, 6.45) is 3.47. The van der Waals surface area contributed by atoms with Crippen LogP contribution in [-0.2, 0) is 19.6 Å². The standard InChI is InChI=1S/C17H19ClN4O4S/c1-11(23)20-9-16(24)21-13-5-6-22(10-13)27(25,26)15-4-2-3-12-7-19-8-14(18)17(12)15/h2-4,7-8,13H,5-6,9-10H2,1H3,(H,20,23)(H,21,24). The Morgan fingerprint density at radius 3 is 2.85 bits per heavy atom. The molecule has 0 aliphatic carbocycles. The summed E-state index contributed by atoms with van der Waals surface area (Å²) in [5.74, 6) is -0.656. The van der Waals surface area contributed by atoms with E-state index in [2.05, 4.69) is 15.6 Å². The summed E-state index contributed by atoms with van der Waals surface area (Å²) in [6, 6.07) is 4.61. The summed E-state index contributed by atoms with van der Waals surface area (Å²) < 4.78 is 27.6. The predicted molar refractivity (Wildman–Crippen MR) is 101 cm³/mol. The number of hydrogen-bond donors (Lipinski definition) is 2. The van der Waals surface area contributed by atoms with Gasteiger partial charge in [-0.3, -0.25) is 14.6 Å². The number of benzene rings is 1. The van der Waals surface area contributed by atoms with E-state index in [4.69, 9.17) is 11.6 Å². The molecule has 1 aromatic heterocycles. The van der Waals surface area contributed by atoms with E-state index >= 15 is 0 Å². The zero-order valence-electron chi connectivity index (χ0n) is 14.6. The van der Waals surface area contributed by atoms with Gasteiger partial charge in [0.2, 0.25) is 21.8 Å². The fourth-order valence-electron chi connectivity index (χ4n) is 3.06. The Hall–Kier alpha value is -2.23. The van der Waals surface area contributed by atoms with Gasteiger partial charge in [0.25, 0.3) is 0 Å². The van der Waals surface area contributed by atoms with Gasteiger partial charge in [-0.15, -0.1) is 0 Å². The van der Waals surface area contributed by atoms with Gasteiger partial charge in [0.1, 0.15) is 0 Å². The number of fused-ring (bicyclic) bond motifs is 1. The molecule has 0 saturated carbocycles. The van der Waals surface area contributed by atoms with Crippen molar-refractivity contribution in [1.82, 2.24) is 19.9 Å². The molecule has 27 heavy (non-hydrogen) atoms. The van der Waals surface area contributed by atoms with E-state index in [-0.39, 0.29) is 47.4 Å². The fraction of sp³-hybridized carbons (Fsp3) is 0.353. The Morgan fingerprint density at radius 1 is 1.33 bits per heavy atom. The van der Waals surface area contributed by atoms with Crippen molar-refractivity contribution in [3.8, 4) is 0 Å². The molecule has 1 aliphatic rings. The molecule has 1 aromatic carbocycles. The summed E-state index contributed by atoms with van der Waals surface area (Å²) in [5.41, 5.74) is 0. The molecular formula is C17H19ClN4O4S. The first-order valence-electron chi connectivity index (χ1n) is 8.35. The van der Waals surface area contributed by atoms with Crippen LogP contribution in [0.15, 0.2) is 35.5 Å². The van der Waals surface area contributed by atoms with E-state index in [9.17, 15) is 18.0 Å². The van der Waals surface area contributed by atoms with Crippen LogP contribution in [0, 0.1) is 0 Å². The Balaban J connectivity index is 1.78. The zero-order valence-corrected chi connectivity index (χ0v) is 16.2. The predicted octanol–water partition coefficient (Wildman–Crippen LogP) is 0.904. The second kappa shape index (κ2) is 7.79. The van der Waals surface area contributed by atoms with Gasteiger partial charge in [-0.1, -0.05) is 23.7 Å². The number of carbonyl (C=O) groups is 2. The molecule has 1 fully saturated rings. The lowest BCUT2D eigenvalue weighted by atomic mass is 10.2. The van der Waals surface area contributed by atoms with Crippen molar-refractivity contribution < 1.29 is 18.0 Å². The minimum absolute atomic E-state index is 0.123. The SMILES string of the molecule is CC(=O)NCC(=O)NC1CCN(S(=O)(=O)c2cccc3cncc(Cl)c23)C1. The monoisotopic (exact) mass is 410 g/mol. The smallest absolute Gasteiger partial charge is 0.243 e. The summed E-state index contributed by atoms with van der Waals surface area (Å²) in [5, 5.41) is 6.50. The van der Waals surface area contributed by atoms with Gasteiger partial charge in [0, 0.05) is 49.2 Å². The van der Waals surface area contributed by atoms with Crippen molar-refractivity contribution in [2.24, 2.45) is 0 Å². The second-order valence-electron chi connectivity index (χ2n) is 6.30. The molecule has 1 unspecified atom stereocenters. The lowest BCUT2D eigenvalue weighted by Crippen LogP contribution is -2.43. The van der Waals surface area contributed by atoms with Gasteiger partial charge in [-0.05, 0) is 12.5 Å². The molecule has 10 heteroatoms. The average Bonchev–Trinajstić information content (AvgIpc) is 3.09. The van der Waals surface area contributed by atoms with Crippen LogP contribution in [0.4, 0.5) is 0 Å². The number of aromatic nitrogens is 1. The molecular weight excluding hydrogens is 392 g/mol.